The Balaban J connectivity index is 1.22. The van der Waals surface area contributed by atoms with Gasteiger partial charge in [-0.1, -0.05) is 66.7 Å². The molecule has 5 nitrogen and oxygen atoms in total. The van der Waals surface area contributed by atoms with Gasteiger partial charge in [-0.25, -0.2) is 14.4 Å². The number of nitrogens with zero attached hydrogens (tertiary/aromatic N) is 4. The first kappa shape index (κ1) is 24.4. The number of hydrogen-bond acceptors (Lipinski definition) is 3. The Labute approximate surface area is 255 Å². The molecule has 6 heteroatoms. The van der Waals surface area contributed by atoms with Gasteiger partial charge in [0.1, 0.15) is 22.6 Å². The monoisotopic (exact) mass is 582 g/mol. The summed E-state index contributed by atoms with van der Waals surface area (Å²) in [5, 5.41) is 7.29. The van der Waals surface area contributed by atoms with Crippen molar-refractivity contribution in [2.45, 2.75) is 6.17 Å². The molecule has 10 rings (SSSR count). The van der Waals surface area contributed by atoms with Crippen molar-refractivity contribution in [3.8, 4) is 5.82 Å². The summed E-state index contributed by atoms with van der Waals surface area (Å²) in [5.74, 6) is 0.775. The van der Waals surface area contributed by atoms with Gasteiger partial charge in [0.15, 0.2) is 6.17 Å². The highest BCUT2D eigenvalue weighted by molar-refractivity contribution is 6.27. The first-order chi connectivity index (χ1) is 22.2. The number of imidazole rings is 1. The van der Waals surface area contributed by atoms with E-state index in [0.717, 1.165) is 76.9 Å². The number of benzene rings is 5. The number of hydrogen-bond donors (Lipinski definition) is 0. The van der Waals surface area contributed by atoms with Gasteiger partial charge in [-0.05, 0) is 65.0 Å². The topological polar surface area (TPSA) is 48.3 Å². The number of furan rings is 1. The second-order valence-electron chi connectivity index (χ2n) is 11.5. The fraction of sp³-hybridized carbons (Fsp3) is 0.0256. The van der Waals surface area contributed by atoms with Gasteiger partial charge in [-0.3, -0.25) is 8.97 Å². The average molecular weight is 583 g/mol. The molecule has 0 amide bonds. The van der Waals surface area contributed by atoms with Gasteiger partial charge >= 0.3 is 0 Å². The number of rotatable bonds is 3. The summed E-state index contributed by atoms with van der Waals surface area (Å²) in [5.41, 5.74) is 6.62. The summed E-state index contributed by atoms with van der Waals surface area (Å²) in [4.78, 5) is 9.35. The van der Waals surface area contributed by atoms with Gasteiger partial charge in [-0.2, -0.15) is 0 Å². The van der Waals surface area contributed by atoms with Crippen LogP contribution in [0.5, 0.6) is 0 Å². The van der Waals surface area contributed by atoms with Crippen LogP contribution in [0.4, 0.5) is 4.39 Å². The molecule has 0 fully saturated rings. The molecule has 5 aromatic heterocycles. The molecule has 0 radical (unpaired) electrons. The third-order valence-corrected chi connectivity index (χ3v) is 9.14. The van der Waals surface area contributed by atoms with Gasteiger partial charge in [0.05, 0.1) is 16.6 Å². The van der Waals surface area contributed by atoms with Gasteiger partial charge < -0.3 is 4.42 Å². The molecule has 10 aromatic rings. The molecule has 0 saturated heterocycles. The second kappa shape index (κ2) is 9.00. The van der Waals surface area contributed by atoms with Crippen LogP contribution in [0, 0.1) is 0 Å². The van der Waals surface area contributed by atoms with Crippen LogP contribution in [0.2, 0.25) is 0 Å². The summed E-state index contributed by atoms with van der Waals surface area (Å²) in [6, 6.07) is 38.1. The quantitative estimate of drug-likeness (QED) is 0.195. The van der Waals surface area contributed by atoms with Crippen molar-refractivity contribution in [1.29, 1.82) is 0 Å². The Bertz CT molecular complexity index is 2790. The minimum absolute atomic E-state index is 0.579. The Morgan fingerprint density at radius 3 is 2.24 bits per heavy atom. The van der Waals surface area contributed by atoms with Gasteiger partial charge in [-0.15, -0.1) is 0 Å². The molecule has 0 N–H and O–H groups in total. The van der Waals surface area contributed by atoms with Gasteiger partial charge in [0, 0.05) is 50.9 Å². The van der Waals surface area contributed by atoms with Gasteiger partial charge in [0.25, 0.3) is 0 Å². The van der Waals surface area contributed by atoms with E-state index in [9.17, 15) is 0 Å². The van der Waals surface area contributed by atoms with Crippen LogP contribution in [0.25, 0.3) is 76.9 Å². The maximum absolute atomic E-state index is 16.7. The number of alkyl halides is 1. The molecular weight excluding hydrogens is 559 g/mol. The average Bonchev–Trinajstić information content (AvgIpc) is 3.82. The van der Waals surface area contributed by atoms with Crippen molar-refractivity contribution < 1.29 is 8.81 Å². The van der Waals surface area contributed by atoms with E-state index in [1.54, 1.807) is 12.4 Å². The summed E-state index contributed by atoms with van der Waals surface area (Å²) in [6.07, 6.45) is 4.20. The molecule has 0 saturated carbocycles. The smallest absolute Gasteiger partial charge is 0.150 e. The van der Waals surface area contributed by atoms with E-state index in [4.69, 9.17) is 9.40 Å². The highest BCUT2D eigenvalue weighted by atomic mass is 19.1. The first-order valence-corrected chi connectivity index (χ1v) is 15.0. The van der Waals surface area contributed by atoms with Crippen LogP contribution in [-0.2, 0) is 0 Å². The number of aromatic nitrogens is 4. The lowest BCUT2D eigenvalue weighted by Gasteiger charge is -2.14. The summed E-state index contributed by atoms with van der Waals surface area (Å²) in [6.45, 7) is 0. The number of fused-ring (bicyclic) bond motifs is 13. The third-order valence-electron chi connectivity index (χ3n) is 9.14. The number of para-hydroxylation sites is 2. The number of pyridine rings is 2. The highest BCUT2D eigenvalue weighted by Gasteiger charge is 2.22. The van der Waals surface area contributed by atoms with E-state index >= 15 is 4.39 Å². The van der Waals surface area contributed by atoms with Crippen molar-refractivity contribution in [2.75, 3.05) is 0 Å². The molecular formula is C39H23FN4O. The maximum atomic E-state index is 16.7. The fourth-order valence-corrected chi connectivity index (χ4v) is 7.17. The van der Waals surface area contributed by atoms with Crippen LogP contribution in [-0.4, -0.2) is 18.9 Å². The zero-order valence-corrected chi connectivity index (χ0v) is 23.9. The molecule has 0 bridgehead atoms. The molecule has 5 aromatic carbocycles. The largest absolute Gasteiger partial charge is 0.456 e. The fourth-order valence-electron chi connectivity index (χ4n) is 7.17. The van der Waals surface area contributed by atoms with Crippen LogP contribution >= 0.6 is 0 Å². The molecule has 0 spiro atoms. The van der Waals surface area contributed by atoms with E-state index in [1.165, 1.54) is 0 Å². The molecule has 45 heavy (non-hydrogen) atoms. The lowest BCUT2D eigenvalue weighted by Crippen LogP contribution is -1.99. The second-order valence-corrected chi connectivity index (χ2v) is 11.5. The van der Waals surface area contributed by atoms with Gasteiger partial charge in [0.2, 0.25) is 0 Å². The number of halogens is 1. The molecule has 0 aliphatic heterocycles. The van der Waals surface area contributed by atoms with Crippen LogP contribution in [0.3, 0.4) is 0 Å². The molecule has 212 valence electrons. The SMILES string of the molecule is FC(c1ccc2c3ccccc3n3ccnc3c2c1)c1ccc2c3c4c(ccc3n(-c3ccccn3)c2c1)oc1ccccc14. The molecule has 1 unspecified atom stereocenters. The Morgan fingerprint density at radius 1 is 0.556 bits per heavy atom. The van der Waals surface area contributed by atoms with E-state index in [2.05, 4.69) is 38.2 Å². The Kier molecular flexibility index (Phi) is 4.89. The lowest BCUT2D eigenvalue weighted by atomic mass is 9.97. The van der Waals surface area contributed by atoms with Crippen molar-refractivity contribution in [3.63, 3.8) is 0 Å². The molecule has 1 atom stereocenters. The standard InChI is InChI=1S/C39H23FN4O/c40-38(23-12-14-25-26-7-1-3-9-30(26)43-20-19-42-39(43)29(25)21-23)24-13-15-27-32(22-24)44(35-11-5-6-18-41-35)31-16-17-34-37(36(27)31)28-8-2-4-10-33(28)45-34/h1-22,38H. The predicted octanol–water partition coefficient (Wildman–Crippen LogP) is 10.1. The van der Waals surface area contributed by atoms with Crippen molar-refractivity contribution in [1.82, 2.24) is 18.9 Å². The summed E-state index contributed by atoms with van der Waals surface area (Å²) >= 11 is 0. The normalized spacial score (nSPS) is 12.9. The highest BCUT2D eigenvalue weighted by Crippen LogP contribution is 2.42. The van der Waals surface area contributed by atoms with E-state index in [1.807, 2.05) is 97.2 Å². The first-order valence-electron chi connectivity index (χ1n) is 15.0. The van der Waals surface area contributed by atoms with Crippen LogP contribution < -0.4 is 0 Å². The van der Waals surface area contributed by atoms with E-state index < -0.39 is 6.17 Å². The van der Waals surface area contributed by atoms with Crippen molar-refractivity contribution >= 4 is 71.1 Å². The molecule has 0 aliphatic carbocycles. The summed E-state index contributed by atoms with van der Waals surface area (Å²) < 4.78 is 27.1. The zero-order chi connectivity index (χ0) is 29.6. The van der Waals surface area contributed by atoms with Crippen molar-refractivity contribution in [3.05, 3.63) is 145 Å². The van der Waals surface area contributed by atoms with Crippen LogP contribution in [0.15, 0.2) is 138 Å². The van der Waals surface area contributed by atoms with Crippen molar-refractivity contribution in [2.24, 2.45) is 0 Å². The van der Waals surface area contributed by atoms with E-state index in [-0.39, 0.29) is 0 Å². The predicted molar refractivity (Wildman–Crippen MR) is 179 cm³/mol. The minimum atomic E-state index is -1.34. The Morgan fingerprint density at radius 2 is 1.36 bits per heavy atom. The molecule has 5 heterocycles. The zero-order valence-electron chi connectivity index (χ0n) is 23.9. The van der Waals surface area contributed by atoms with E-state index in [0.29, 0.717) is 11.1 Å². The minimum Gasteiger partial charge on any atom is -0.456 e. The van der Waals surface area contributed by atoms with Crippen LogP contribution in [0.1, 0.15) is 17.3 Å². The Hall–Kier alpha value is -6.01. The maximum Gasteiger partial charge on any atom is 0.150 e. The lowest BCUT2D eigenvalue weighted by molar-refractivity contribution is 0.402. The third kappa shape index (κ3) is 3.36. The summed E-state index contributed by atoms with van der Waals surface area (Å²) in [7, 11) is 0. The molecule has 0 aliphatic rings.